The van der Waals surface area contributed by atoms with Crippen molar-refractivity contribution < 1.29 is 19.4 Å². The average Bonchev–Trinajstić information content (AvgIpc) is 3.31. The lowest BCUT2D eigenvalue weighted by atomic mass is 9.91. The number of fused-ring (bicyclic) bond motifs is 1. The third-order valence-corrected chi connectivity index (χ3v) is 6.12. The molecule has 9 nitrogen and oxygen atoms in total. The summed E-state index contributed by atoms with van der Waals surface area (Å²) in [6.07, 6.45) is 1.78. The minimum absolute atomic E-state index is 0.0317. The predicted molar refractivity (Wildman–Crippen MR) is 140 cm³/mol. The van der Waals surface area contributed by atoms with Crippen LogP contribution in [0.1, 0.15) is 27.4 Å². The number of carbonyl (C=O) groups is 2. The van der Waals surface area contributed by atoms with Crippen LogP contribution >= 0.6 is 0 Å². The molecule has 1 aromatic heterocycles. The second-order valence-electron chi connectivity index (χ2n) is 8.75. The Balaban J connectivity index is 1.67. The van der Waals surface area contributed by atoms with Gasteiger partial charge >= 0.3 is 0 Å². The number of pyridine rings is 1. The largest absolute Gasteiger partial charge is 0.496 e. The lowest BCUT2D eigenvalue weighted by Gasteiger charge is -2.17. The van der Waals surface area contributed by atoms with Crippen LogP contribution in [0.15, 0.2) is 54.7 Å². The number of rotatable bonds is 9. The topological polar surface area (TPSA) is 116 Å². The Hall–Kier alpha value is -3.95. The van der Waals surface area contributed by atoms with Crippen molar-refractivity contribution >= 4 is 23.3 Å². The molecule has 188 valence electrons. The molecule has 0 spiro atoms. The first kappa shape index (κ1) is 25.2. The molecule has 3 aromatic rings. The van der Waals surface area contributed by atoms with Crippen molar-refractivity contribution in [2.24, 2.45) is 0 Å². The number of anilines is 2. The van der Waals surface area contributed by atoms with Gasteiger partial charge in [0, 0.05) is 56.0 Å². The monoisotopic (exact) mass is 489 g/mol. The maximum absolute atomic E-state index is 13.0. The Morgan fingerprint density at radius 1 is 1.14 bits per heavy atom. The van der Waals surface area contributed by atoms with E-state index in [4.69, 9.17) is 9.84 Å². The zero-order valence-electron chi connectivity index (χ0n) is 20.7. The Kier molecular flexibility index (Phi) is 7.82. The first-order chi connectivity index (χ1) is 17.4. The molecular weight excluding hydrogens is 458 g/mol. The van der Waals surface area contributed by atoms with E-state index in [1.54, 1.807) is 39.5 Å². The molecule has 0 fully saturated rings. The number of ether oxygens (including phenoxy) is 1. The molecule has 0 radical (unpaired) electrons. The highest BCUT2D eigenvalue weighted by Gasteiger charge is 2.28. The summed E-state index contributed by atoms with van der Waals surface area (Å²) >= 11 is 0. The van der Waals surface area contributed by atoms with E-state index in [2.05, 4.69) is 33.1 Å². The number of hydrogen-bond donors (Lipinski definition) is 4. The van der Waals surface area contributed by atoms with Gasteiger partial charge in [-0.25, -0.2) is 4.98 Å². The summed E-state index contributed by atoms with van der Waals surface area (Å²) in [5, 5.41) is 17.9. The number of hydrogen-bond acceptors (Lipinski definition) is 7. The number of benzene rings is 2. The molecule has 1 aliphatic rings. The standard InChI is InChI=1S/C27H31N5O4/c1-32(2)27(35)21-12-17(8-9-23(21)31-25(34)16-28-10-11-33)18-13-20-22(15-30-26(20)29-14-18)19-6-4-5-7-24(19)36-3/h4-9,12-14,22,28,33H,10-11,15-16H2,1-3H3,(H,29,30)(H,31,34). The highest BCUT2D eigenvalue weighted by molar-refractivity contribution is 6.05. The van der Waals surface area contributed by atoms with Gasteiger partial charge in [-0.05, 0) is 29.8 Å². The number of methoxy groups -OCH3 is 1. The zero-order chi connectivity index (χ0) is 25.7. The Bertz CT molecular complexity index is 1260. The molecule has 4 rings (SSSR count). The van der Waals surface area contributed by atoms with Crippen molar-refractivity contribution in [2.45, 2.75) is 5.92 Å². The number of nitrogens with one attached hydrogen (secondary N) is 3. The highest BCUT2D eigenvalue weighted by atomic mass is 16.5. The van der Waals surface area contributed by atoms with E-state index < -0.39 is 0 Å². The van der Waals surface area contributed by atoms with Crippen LogP contribution in [0, 0.1) is 0 Å². The van der Waals surface area contributed by atoms with Crippen molar-refractivity contribution in [1.82, 2.24) is 15.2 Å². The molecule has 2 amide bonds. The van der Waals surface area contributed by atoms with E-state index in [0.717, 1.165) is 33.8 Å². The minimum atomic E-state index is -0.297. The molecule has 0 saturated heterocycles. The Morgan fingerprint density at radius 2 is 1.94 bits per heavy atom. The molecule has 1 unspecified atom stereocenters. The van der Waals surface area contributed by atoms with Gasteiger partial charge in [-0.1, -0.05) is 24.3 Å². The number of aliphatic hydroxyl groups is 1. The van der Waals surface area contributed by atoms with E-state index in [0.29, 0.717) is 24.3 Å². The lowest BCUT2D eigenvalue weighted by molar-refractivity contribution is -0.115. The van der Waals surface area contributed by atoms with E-state index in [9.17, 15) is 9.59 Å². The van der Waals surface area contributed by atoms with Gasteiger partial charge in [0.25, 0.3) is 5.91 Å². The van der Waals surface area contributed by atoms with Crippen molar-refractivity contribution in [3.63, 3.8) is 0 Å². The van der Waals surface area contributed by atoms with Crippen molar-refractivity contribution in [1.29, 1.82) is 0 Å². The SMILES string of the molecule is COc1ccccc1C1CNc2ncc(-c3ccc(NC(=O)CNCCO)c(C(=O)N(C)C)c3)cc21. The molecule has 1 aliphatic heterocycles. The number of aromatic nitrogens is 1. The second-order valence-corrected chi connectivity index (χ2v) is 8.75. The minimum Gasteiger partial charge on any atom is -0.496 e. The van der Waals surface area contributed by atoms with Gasteiger partial charge in [0.2, 0.25) is 5.91 Å². The predicted octanol–water partition coefficient (Wildman–Crippen LogP) is 2.54. The first-order valence-electron chi connectivity index (χ1n) is 11.8. The third-order valence-electron chi connectivity index (χ3n) is 6.12. The number of nitrogens with zero attached hydrogens (tertiary/aromatic N) is 2. The summed E-state index contributed by atoms with van der Waals surface area (Å²) in [5.74, 6) is 1.22. The molecular formula is C27H31N5O4. The number of carbonyl (C=O) groups excluding carboxylic acids is 2. The van der Waals surface area contributed by atoms with Crippen LogP contribution in [0.5, 0.6) is 5.75 Å². The summed E-state index contributed by atoms with van der Waals surface area (Å²) < 4.78 is 5.59. The molecule has 0 saturated carbocycles. The summed E-state index contributed by atoms with van der Waals surface area (Å²) in [4.78, 5) is 31.4. The van der Waals surface area contributed by atoms with E-state index in [1.807, 2.05) is 24.3 Å². The summed E-state index contributed by atoms with van der Waals surface area (Å²) in [6, 6.07) is 15.4. The molecule has 9 heteroatoms. The van der Waals surface area contributed by atoms with E-state index >= 15 is 0 Å². The van der Waals surface area contributed by atoms with E-state index in [1.165, 1.54) is 4.90 Å². The van der Waals surface area contributed by atoms with Crippen LogP contribution in [0.2, 0.25) is 0 Å². The molecule has 4 N–H and O–H groups in total. The van der Waals surface area contributed by atoms with E-state index in [-0.39, 0.29) is 30.9 Å². The zero-order valence-corrected chi connectivity index (χ0v) is 20.7. The summed E-state index contributed by atoms with van der Waals surface area (Å²) in [7, 11) is 5.01. The van der Waals surface area contributed by atoms with Crippen LogP contribution < -0.4 is 20.7 Å². The highest BCUT2D eigenvalue weighted by Crippen LogP contribution is 2.40. The third kappa shape index (κ3) is 5.32. The quantitative estimate of drug-likeness (QED) is 0.342. The smallest absolute Gasteiger partial charge is 0.255 e. The fraction of sp³-hybridized carbons (Fsp3) is 0.296. The maximum atomic E-state index is 13.0. The Morgan fingerprint density at radius 3 is 2.69 bits per heavy atom. The number of para-hydroxylation sites is 1. The maximum Gasteiger partial charge on any atom is 0.255 e. The fourth-order valence-electron chi connectivity index (χ4n) is 4.32. The number of aliphatic hydroxyl groups excluding tert-OH is 1. The van der Waals surface area contributed by atoms with Gasteiger partial charge in [-0.3, -0.25) is 9.59 Å². The molecule has 0 bridgehead atoms. The summed E-state index contributed by atoms with van der Waals surface area (Å²) in [6.45, 7) is 0.996. The van der Waals surface area contributed by atoms with Crippen LogP contribution in [-0.4, -0.2) is 74.3 Å². The van der Waals surface area contributed by atoms with Gasteiger partial charge in [-0.15, -0.1) is 0 Å². The molecule has 36 heavy (non-hydrogen) atoms. The van der Waals surface area contributed by atoms with Gasteiger partial charge in [0.1, 0.15) is 11.6 Å². The molecule has 0 aliphatic carbocycles. The van der Waals surface area contributed by atoms with Crippen molar-refractivity contribution in [2.75, 3.05) is 58.1 Å². The van der Waals surface area contributed by atoms with Crippen LogP contribution in [0.3, 0.4) is 0 Å². The normalized spacial score (nSPS) is 14.1. The molecule has 2 aromatic carbocycles. The second kappa shape index (κ2) is 11.2. The van der Waals surface area contributed by atoms with Gasteiger partial charge in [0.05, 0.1) is 31.5 Å². The van der Waals surface area contributed by atoms with Crippen LogP contribution in [0.25, 0.3) is 11.1 Å². The van der Waals surface area contributed by atoms with Crippen molar-refractivity contribution in [3.05, 3.63) is 71.4 Å². The van der Waals surface area contributed by atoms with Crippen molar-refractivity contribution in [3.8, 4) is 16.9 Å². The molecule has 1 atom stereocenters. The fourth-order valence-corrected chi connectivity index (χ4v) is 4.32. The first-order valence-corrected chi connectivity index (χ1v) is 11.8. The summed E-state index contributed by atoms with van der Waals surface area (Å²) in [5.41, 5.74) is 4.64. The van der Waals surface area contributed by atoms with Gasteiger partial charge < -0.3 is 30.7 Å². The number of amides is 2. The van der Waals surface area contributed by atoms with Crippen LogP contribution in [-0.2, 0) is 4.79 Å². The molecule has 2 heterocycles. The van der Waals surface area contributed by atoms with Gasteiger partial charge in [-0.2, -0.15) is 0 Å². The van der Waals surface area contributed by atoms with Crippen LogP contribution in [0.4, 0.5) is 11.5 Å². The lowest BCUT2D eigenvalue weighted by Crippen LogP contribution is -2.31. The average molecular weight is 490 g/mol. The Labute approximate surface area is 210 Å². The van der Waals surface area contributed by atoms with Gasteiger partial charge in [0.15, 0.2) is 0 Å².